The van der Waals surface area contributed by atoms with Crippen molar-refractivity contribution in [3.8, 4) is 0 Å². The molecule has 1 aromatic carbocycles. The highest BCUT2D eigenvalue weighted by molar-refractivity contribution is 9.09. The number of ether oxygens (including phenoxy) is 1. The van der Waals surface area contributed by atoms with Crippen LogP contribution in [0.15, 0.2) is 24.3 Å². The summed E-state index contributed by atoms with van der Waals surface area (Å²) in [5.41, 5.74) is 2.58. The minimum absolute atomic E-state index is 0.100. The Bertz CT molecular complexity index is 485. The van der Waals surface area contributed by atoms with Crippen molar-refractivity contribution in [3.63, 3.8) is 0 Å². The third-order valence-corrected chi connectivity index (χ3v) is 5.05. The number of alkyl halides is 1. The first-order valence-corrected chi connectivity index (χ1v) is 8.28. The molecule has 3 atom stereocenters. The number of hydrogen-bond donors (Lipinski definition) is 1. The third-order valence-electron chi connectivity index (χ3n) is 4.20. The molecule has 3 rings (SSSR count). The van der Waals surface area contributed by atoms with Gasteiger partial charge in [-0.2, -0.15) is 0 Å². The van der Waals surface area contributed by atoms with Crippen LogP contribution >= 0.6 is 15.9 Å². The minimum Gasteiger partial charge on any atom is -0.378 e. The van der Waals surface area contributed by atoms with E-state index in [2.05, 4.69) is 39.4 Å². The zero-order valence-corrected chi connectivity index (χ0v) is 13.1. The first-order valence-electron chi connectivity index (χ1n) is 7.37. The van der Waals surface area contributed by atoms with E-state index in [4.69, 9.17) is 4.74 Å². The van der Waals surface area contributed by atoms with Crippen molar-refractivity contribution in [1.82, 2.24) is 5.32 Å². The summed E-state index contributed by atoms with van der Waals surface area (Å²) in [5.74, 6) is 0.131. The van der Waals surface area contributed by atoms with E-state index in [-0.39, 0.29) is 18.1 Å². The number of hydrogen-bond acceptors (Lipinski definition) is 2. The van der Waals surface area contributed by atoms with Crippen LogP contribution in [0, 0.1) is 0 Å². The van der Waals surface area contributed by atoms with E-state index in [9.17, 15) is 4.79 Å². The molecule has 1 saturated heterocycles. The Hall–Kier alpha value is -0.870. The van der Waals surface area contributed by atoms with Gasteiger partial charge in [0.1, 0.15) is 0 Å². The van der Waals surface area contributed by atoms with Gasteiger partial charge in [0.15, 0.2) is 0 Å². The molecule has 108 valence electrons. The highest BCUT2D eigenvalue weighted by Gasteiger charge is 2.31. The van der Waals surface area contributed by atoms with Crippen LogP contribution < -0.4 is 5.32 Å². The van der Waals surface area contributed by atoms with E-state index >= 15 is 0 Å². The van der Waals surface area contributed by atoms with Crippen LogP contribution in [0.25, 0.3) is 0 Å². The number of amides is 1. The van der Waals surface area contributed by atoms with Crippen molar-refractivity contribution in [2.24, 2.45) is 0 Å². The third kappa shape index (κ3) is 3.07. The predicted octanol–water partition coefficient (Wildman–Crippen LogP) is 3.12. The van der Waals surface area contributed by atoms with Crippen molar-refractivity contribution < 1.29 is 9.53 Å². The van der Waals surface area contributed by atoms with Gasteiger partial charge < -0.3 is 10.1 Å². The van der Waals surface area contributed by atoms with Gasteiger partial charge in [0.2, 0.25) is 5.91 Å². The molecule has 1 aliphatic carbocycles. The van der Waals surface area contributed by atoms with E-state index in [0.29, 0.717) is 11.2 Å². The monoisotopic (exact) mass is 337 g/mol. The Morgan fingerprint density at radius 2 is 2.25 bits per heavy atom. The standard InChI is InChI=1S/C16H20BrNO2/c17-14-10-11-4-1-2-6-13(11)16(14)18-15(19)8-7-12-5-3-9-20-12/h1-2,4,6,12,14,16H,3,5,7-10H2,(H,18,19). The van der Waals surface area contributed by atoms with Gasteiger partial charge in [-0.15, -0.1) is 0 Å². The lowest BCUT2D eigenvalue weighted by atomic mass is 10.1. The van der Waals surface area contributed by atoms with E-state index in [0.717, 1.165) is 32.3 Å². The van der Waals surface area contributed by atoms with Crippen molar-refractivity contribution in [3.05, 3.63) is 35.4 Å². The summed E-state index contributed by atoms with van der Waals surface area (Å²) in [6.45, 7) is 0.853. The van der Waals surface area contributed by atoms with Crippen LogP contribution in [0.4, 0.5) is 0 Å². The number of carbonyl (C=O) groups is 1. The first-order chi connectivity index (χ1) is 9.74. The summed E-state index contributed by atoms with van der Waals surface area (Å²) < 4.78 is 5.56. The minimum atomic E-state index is 0.100. The van der Waals surface area contributed by atoms with E-state index in [1.54, 1.807) is 0 Å². The molecule has 0 bridgehead atoms. The zero-order valence-electron chi connectivity index (χ0n) is 11.5. The Morgan fingerprint density at radius 3 is 3.05 bits per heavy atom. The van der Waals surface area contributed by atoms with E-state index < -0.39 is 0 Å². The highest BCUT2D eigenvalue weighted by Crippen LogP contribution is 2.35. The van der Waals surface area contributed by atoms with Crippen LogP contribution in [0.3, 0.4) is 0 Å². The second-order valence-corrected chi connectivity index (χ2v) is 6.81. The molecule has 0 aromatic heterocycles. The van der Waals surface area contributed by atoms with E-state index in [1.165, 1.54) is 11.1 Å². The second kappa shape index (κ2) is 6.27. The highest BCUT2D eigenvalue weighted by atomic mass is 79.9. The van der Waals surface area contributed by atoms with Crippen LogP contribution in [0.2, 0.25) is 0 Å². The molecule has 1 fully saturated rings. The molecule has 4 heteroatoms. The van der Waals surface area contributed by atoms with Crippen molar-refractivity contribution in [2.75, 3.05) is 6.61 Å². The van der Waals surface area contributed by atoms with Gasteiger partial charge in [0.05, 0.1) is 12.1 Å². The normalized spacial score (nSPS) is 28.4. The topological polar surface area (TPSA) is 38.3 Å². The van der Waals surface area contributed by atoms with Gasteiger partial charge in [-0.25, -0.2) is 0 Å². The van der Waals surface area contributed by atoms with Crippen molar-refractivity contribution in [2.45, 2.75) is 49.1 Å². The average Bonchev–Trinajstić information content (AvgIpc) is 3.06. The maximum absolute atomic E-state index is 12.1. The fourth-order valence-electron chi connectivity index (χ4n) is 3.12. The van der Waals surface area contributed by atoms with Crippen LogP contribution in [0.5, 0.6) is 0 Å². The maximum atomic E-state index is 12.1. The Morgan fingerprint density at radius 1 is 1.40 bits per heavy atom. The van der Waals surface area contributed by atoms with Crippen LogP contribution in [0.1, 0.15) is 42.9 Å². The van der Waals surface area contributed by atoms with Gasteiger partial charge in [0.25, 0.3) is 0 Å². The van der Waals surface area contributed by atoms with Gasteiger partial charge in [0, 0.05) is 17.9 Å². The molecule has 1 N–H and O–H groups in total. The Balaban J connectivity index is 1.55. The SMILES string of the molecule is O=C(CCC1CCCO1)NC1c2ccccc2CC1Br. The quantitative estimate of drug-likeness (QED) is 0.857. The molecule has 1 heterocycles. The fourth-order valence-corrected chi connectivity index (χ4v) is 3.89. The molecule has 1 aliphatic heterocycles. The number of rotatable bonds is 4. The molecule has 0 radical (unpaired) electrons. The number of fused-ring (bicyclic) bond motifs is 1. The van der Waals surface area contributed by atoms with Crippen molar-refractivity contribution in [1.29, 1.82) is 0 Å². The molecule has 3 nitrogen and oxygen atoms in total. The lowest BCUT2D eigenvalue weighted by Crippen LogP contribution is -2.32. The molecule has 0 saturated carbocycles. The Labute approximate surface area is 128 Å². The van der Waals surface area contributed by atoms with E-state index in [1.807, 2.05) is 6.07 Å². The summed E-state index contributed by atoms with van der Waals surface area (Å²) in [6.07, 6.45) is 4.89. The van der Waals surface area contributed by atoms with Crippen molar-refractivity contribution >= 4 is 21.8 Å². The average molecular weight is 338 g/mol. The largest absolute Gasteiger partial charge is 0.378 e. The number of halogens is 1. The molecular weight excluding hydrogens is 318 g/mol. The Kier molecular flexibility index (Phi) is 4.41. The maximum Gasteiger partial charge on any atom is 0.220 e. The van der Waals surface area contributed by atoms with Gasteiger partial charge in [-0.05, 0) is 36.8 Å². The van der Waals surface area contributed by atoms with Gasteiger partial charge >= 0.3 is 0 Å². The van der Waals surface area contributed by atoms with Gasteiger partial charge in [-0.1, -0.05) is 40.2 Å². The summed E-state index contributed by atoms with van der Waals surface area (Å²) in [7, 11) is 0. The summed E-state index contributed by atoms with van der Waals surface area (Å²) in [5, 5.41) is 3.17. The lowest BCUT2D eigenvalue weighted by Gasteiger charge is -2.18. The number of benzene rings is 1. The number of nitrogens with one attached hydrogen (secondary N) is 1. The molecule has 1 aromatic rings. The second-order valence-electron chi connectivity index (χ2n) is 5.64. The molecule has 3 unspecified atom stereocenters. The summed E-state index contributed by atoms with van der Waals surface area (Å²) in [4.78, 5) is 12.4. The van der Waals surface area contributed by atoms with Crippen LogP contribution in [-0.2, 0) is 16.0 Å². The molecule has 1 amide bonds. The molecular formula is C16H20BrNO2. The van der Waals surface area contributed by atoms with Crippen LogP contribution in [-0.4, -0.2) is 23.4 Å². The summed E-state index contributed by atoms with van der Waals surface area (Å²) in [6, 6.07) is 8.45. The smallest absolute Gasteiger partial charge is 0.220 e. The lowest BCUT2D eigenvalue weighted by molar-refractivity contribution is -0.122. The summed E-state index contributed by atoms with van der Waals surface area (Å²) >= 11 is 3.69. The predicted molar refractivity (Wildman–Crippen MR) is 82.0 cm³/mol. The zero-order chi connectivity index (χ0) is 13.9. The van der Waals surface area contributed by atoms with Gasteiger partial charge in [-0.3, -0.25) is 4.79 Å². The number of carbonyl (C=O) groups excluding carboxylic acids is 1. The first kappa shape index (κ1) is 14.1. The molecule has 20 heavy (non-hydrogen) atoms. The molecule has 0 spiro atoms. The molecule has 2 aliphatic rings. The fraction of sp³-hybridized carbons (Fsp3) is 0.562.